The highest BCUT2D eigenvalue weighted by Gasteiger charge is 2.61. The van der Waals surface area contributed by atoms with Gasteiger partial charge in [-0.3, -0.25) is 0 Å². The maximum atomic E-state index is 2.52. The summed E-state index contributed by atoms with van der Waals surface area (Å²) in [5.74, 6) is 3.62. The molecule has 4 saturated carbocycles. The summed E-state index contributed by atoms with van der Waals surface area (Å²) in [4.78, 5) is 0. The largest absolute Gasteiger partial charge is 0.0619 e. The fraction of sp³-hybridized carbons (Fsp3) is 0.314. The molecule has 1 spiro atoms. The van der Waals surface area contributed by atoms with Crippen molar-refractivity contribution in [1.29, 1.82) is 0 Å². The molecule has 0 saturated heterocycles. The Hall–Kier alpha value is -3.12. The van der Waals surface area contributed by atoms with Gasteiger partial charge in [0.05, 0.1) is 0 Å². The van der Waals surface area contributed by atoms with Crippen molar-refractivity contribution in [3.05, 3.63) is 107 Å². The van der Waals surface area contributed by atoms with Gasteiger partial charge in [0.1, 0.15) is 0 Å². The van der Waals surface area contributed by atoms with Crippen molar-refractivity contribution >= 4 is 0 Å². The topological polar surface area (TPSA) is 0 Å². The smallest absolute Gasteiger partial charge is 0.0272 e. The standard InChI is InChI=1S/C35H30/c1-2-7-28-23(6-1)19-24-12-13-25(20-31(24)28)29-9-5-11-33-34(29)30-8-3-4-10-32(30)35(33)26-15-21-14-22(17-26)18-27(35)16-21/h1-13,20-22,26-27H,14-19H2. The van der Waals surface area contributed by atoms with Crippen molar-refractivity contribution in [2.75, 3.05) is 0 Å². The first-order valence-electron chi connectivity index (χ1n) is 13.8. The Morgan fingerprint density at radius 3 is 2.00 bits per heavy atom. The molecule has 0 atom stereocenters. The van der Waals surface area contributed by atoms with Gasteiger partial charge in [-0.2, -0.15) is 0 Å². The third-order valence-electron chi connectivity index (χ3n) is 10.7. The lowest BCUT2D eigenvalue weighted by Gasteiger charge is -2.61. The molecular formula is C35H30. The molecular weight excluding hydrogens is 420 g/mol. The number of fused-ring (bicyclic) bond motifs is 6. The van der Waals surface area contributed by atoms with Gasteiger partial charge in [0.2, 0.25) is 0 Å². The minimum Gasteiger partial charge on any atom is -0.0619 e. The fourth-order valence-electron chi connectivity index (χ4n) is 9.73. The first-order chi connectivity index (χ1) is 17.3. The Morgan fingerprint density at radius 1 is 0.514 bits per heavy atom. The van der Waals surface area contributed by atoms with Crippen molar-refractivity contribution in [2.24, 2.45) is 23.7 Å². The molecule has 10 rings (SSSR count). The molecule has 4 aromatic carbocycles. The van der Waals surface area contributed by atoms with Gasteiger partial charge in [-0.25, -0.2) is 0 Å². The summed E-state index contributed by atoms with van der Waals surface area (Å²) in [6, 6.07) is 33.0. The maximum absolute atomic E-state index is 2.52. The minimum atomic E-state index is 0.249. The van der Waals surface area contributed by atoms with Gasteiger partial charge in [-0.1, -0.05) is 78.9 Å². The van der Waals surface area contributed by atoms with Crippen LogP contribution in [0.25, 0.3) is 33.4 Å². The molecule has 0 amide bonds. The van der Waals surface area contributed by atoms with Gasteiger partial charge in [0.25, 0.3) is 0 Å². The molecule has 6 aliphatic carbocycles. The zero-order valence-corrected chi connectivity index (χ0v) is 20.1. The van der Waals surface area contributed by atoms with Crippen LogP contribution >= 0.6 is 0 Å². The zero-order valence-electron chi connectivity index (χ0n) is 20.1. The average molecular weight is 451 g/mol. The van der Waals surface area contributed by atoms with Crippen LogP contribution in [-0.2, 0) is 11.8 Å². The molecule has 0 nitrogen and oxygen atoms in total. The SMILES string of the molecule is c1ccc2c(c1)Cc1ccc(-c3cccc4c3-c3ccccc3C43C4CC5CC(C4)CC3C5)cc1-2. The third kappa shape index (κ3) is 2.30. The molecule has 170 valence electrons. The van der Waals surface area contributed by atoms with Crippen molar-refractivity contribution in [1.82, 2.24) is 0 Å². The van der Waals surface area contributed by atoms with E-state index < -0.39 is 0 Å². The highest BCUT2D eigenvalue weighted by molar-refractivity contribution is 5.94. The van der Waals surface area contributed by atoms with E-state index >= 15 is 0 Å². The van der Waals surface area contributed by atoms with E-state index in [4.69, 9.17) is 0 Å². The Bertz CT molecular complexity index is 1510. The number of hydrogen-bond acceptors (Lipinski definition) is 0. The van der Waals surface area contributed by atoms with Crippen LogP contribution in [0.2, 0.25) is 0 Å². The van der Waals surface area contributed by atoms with Gasteiger partial charge < -0.3 is 0 Å². The van der Waals surface area contributed by atoms with Crippen molar-refractivity contribution < 1.29 is 0 Å². The number of benzene rings is 4. The second-order valence-electron chi connectivity index (χ2n) is 12.2. The monoisotopic (exact) mass is 450 g/mol. The second kappa shape index (κ2) is 6.55. The molecule has 0 unspecified atom stereocenters. The van der Waals surface area contributed by atoms with Gasteiger partial charge in [0, 0.05) is 5.41 Å². The van der Waals surface area contributed by atoms with Crippen LogP contribution in [0.15, 0.2) is 84.9 Å². The van der Waals surface area contributed by atoms with Crippen LogP contribution in [0.1, 0.15) is 54.4 Å². The molecule has 0 radical (unpaired) electrons. The number of hydrogen-bond donors (Lipinski definition) is 0. The fourth-order valence-corrected chi connectivity index (χ4v) is 9.73. The normalized spacial score (nSPS) is 30.3. The molecule has 0 aromatic heterocycles. The van der Waals surface area contributed by atoms with E-state index in [2.05, 4.69) is 84.9 Å². The molecule has 0 N–H and O–H groups in total. The Morgan fingerprint density at radius 2 is 1.17 bits per heavy atom. The van der Waals surface area contributed by atoms with Crippen LogP contribution in [0.4, 0.5) is 0 Å². The first-order valence-corrected chi connectivity index (χ1v) is 13.8. The summed E-state index contributed by atoms with van der Waals surface area (Å²) in [5.41, 5.74) is 15.2. The van der Waals surface area contributed by atoms with E-state index in [1.807, 2.05) is 0 Å². The maximum Gasteiger partial charge on any atom is 0.0272 e. The highest BCUT2D eigenvalue weighted by atomic mass is 14.6. The summed E-state index contributed by atoms with van der Waals surface area (Å²) in [5, 5.41) is 0. The van der Waals surface area contributed by atoms with E-state index in [-0.39, 0.29) is 5.41 Å². The molecule has 0 aliphatic heterocycles. The minimum absolute atomic E-state index is 0.249. The summed E-state index contributed by atoms with van der Waals surface area (Å²) >= 11 is 0. The third-order valence-corrected chi connectivity index (χ3v) is 10.7. The van der Waals surface area contributed by atoms with Crippen LogP contribution in [0.5, 0.6) is 0 Å². The van der Waals surface area contributed by atoms with Crippen LogP contribution in [-0.4, -0.2) is 0 Å². The predicted molar refractivity (Wildman–Crippen MR) is 143 cm³/mol. The molecule has 35 heavy (non-hydrogen) atoms. The van der Waals surface area contributed by atoms with Crippen LogP contribution in [0.3, 0.4) is 0 Å². The molecule has 6 aliphatic rings. The number of rotatable bonds is 1. The lowest BCUT2D eigenvalue weighted by Crippen LogP contribution is -2.55. The quantitative estimate of drug-likeness (QED) is 0.240. The van der Waals surface area contributed by atoms with Crippen molar-refractivity contribution in [3.8, 4) is 33.4 Å². The van der Waals surface area contributed by atoms with Crippen molar-refractivity contribution in [2.45, 2.75) is 43.9 Å². The van der Waals surface area contributed by atoms with Crippen molar-refractivity contribution in [3.63, 3.8) is 0 Å². The zero-order chi connectivity index (χ0) is 22.7. The lowest BCUT2D eigenvalue weighted by molar-refractivity contribution is -0.0399. The molecule has 4 aromatic rings. The van der Waals surface area contributed by atoms with E-state index in [0.717, 1.165) is 30.1 Å². The first kappa shape index (κ1) is 19.1. The van der Waals surface area contributed by atoms with E-state index in [9.17, 15) is 0 Å². The van der Waals surface area contributed by atoms with Crippen LogP contribution in [0, 0.1) is 23.7 Å². The lowest BCUT2D eigenvalue weighted by atomic mass is 9.43. The Balaban J connectivity index is 1.29. The van der Waals surface area contributed by atoms with E-state index in [1.54, 1.807) is 16.7 Å². The highest BCUT2D eigenvalue weighted by Crippen LogP contribution is 2.70. The summed E-state index contributed by atoms with van der Waals surface area (Å²) < 4.78 is 0. The van der Waals surface area contributed by atoms with Gasteiger partial charge in [-0.15, -0.1) is 0 Å². The Labute approximate surface area is 208 Å². The van der Waals surface area contributed by atoms with Gasteiger partial charge in [-0.05, 0) is 124 Å². The summed E-state index contributed by atoms with van der Waals surface area (Å²) in [6.45, 7) is 0. The molecule has 4 bridgehead atoms. The second-order valence-corrected chi connectivity index (χ2v) is 12.2. The Kier molecular flexibility index (Phi) is 3.58. The molecule has 0 heterocycles. The van der Waals surface area contributed by atoms with Gasteiger partial charge >= 0.3 is 0 Å². The van der Waals surface area contributed by atoms with E-state index in [0.29, 0.717) is 0 Å². The predicted octanol–water partition coefficient (Wildman–Crippen LogP) is 8.65. The average Bonchev–Trinajstić information content (AvgIpc) is 3.41. The summed E-state index contributed by atoms with van der Waals surface area (Å²) in [6.07, 6.45) is 8.35. The summed E-state index contributed by atoms with van der Waals surface area (Å²) in [7, 11) is 0. The van der Waals surface area contributed by atoms with Crippen LogP contribution < -0.4 is 0 Å². The molecule has 4 fully saturated rings. The van der Waals surface area contributed by atoms with Gasteiger partial charge in [0.15, 0.2) is 0 Å². The molecule has 0 heteroatoms. The van der Waals surface area contributed by atoms with E-state index in [1.165, 1.54) is 71.0 Å².